The van der Waals surface area contributed by atoms with E-state index in [-0.39, 0.29) is 5.41 Å². The number of ether oxygens (including phenoxy) is 1. The summed E-state index contributed by atoms with van der Waals surface area (Å²) in [4.78, 5) is 2.13. The molecule has 3 rings (SSSR count). The Morgan fingerprint density at radius 1 is 1.09 bits per heavy atom. The zero-order valence-corrected chi connectivity index (χ0v) is 14.0. The van der Waals surface area contributed by atoms with Gasteiger partial charge in [0, 0.05) is 19.0 Å². The van der Waals surface area contributed by atoms with Gasteiger partial charge in [-0.05, 0) is 17.7 Å². The van der Waals surface area contributed by atoms with Crippen molar-refractivity contribution in [3.63, 3.8) is 0 Å². The Labute approximate surface area is 136 Å². The van der Waals surface area contributed by atoms with Gasteiger partial charge in [0.1, 0.15) is 11.1 Å². The third kappa shape index (κ3) is 2.89. The van der Waals surface area contributed by atoms with Crippen molar-refractivity contribution in [1.82, 2.24) is 5.16 Å². The molecule has 1 heterocycles. The highest BCUT2D eigenvalue weighted by molar-refractivity contribution is 5.94. The van der Waals surface area contributed by atoms with E-state index in [2.05, 4.69) is 48.2 Å². The molecule has 0 amide bonds. The highest BCUT2D eigenvalue weighted by Gasteiger charge is 2.25. The molecule has 0 fully saturated rings. The topological polar surface area (TPSA) is 38.5 Å². The third-order valence-corrected chi connectivity index (χ3v) is 4.21. The molecule has 120 valence electrons. The normalized spacial score (nSPS) is 11.7. The number of fused-ring (bicyclic) bond motifs is 1. The molecule has 0 unspecified atom stereocenters. The first-order valence-corrected chi connectivity index (χ1v) is 7.72. The van der Waals surface area contributed by atoms with Crippen LogP contribution >= 0.6 is 0 Å². The first-order valence-electron chi connectivity index (χ1n) is 7.72. The quantitative estimate of drug-likeness (QED) is 0.706. The van der Waals surface area contributed by atoms with Gasteiger partial charge in [-0.2, -0.15) is 0 Å². The van der Waals surface area contributed by atoms with E-state index < -0.39 is 0 Å². The Bertz CT molecular complexity index is 793. The summed E-state index contributed by atoms with van der Waals surface area (Å²) in [6, 6.07) is 16.3. The van der Waals surface area contributed by atoms with Gasteiger partial charge in [-0.3, -0.25) is 0 Å². The Kier molecular flexibility index (Phi) is 3.99. The van der Waals surface area contributed by atoms with E-state index in [4.69, 9.17) is 9.26 Å². The monoisotopic (exact) mass is 310 g/mol. The van der Waals surface area contributed by atoms with Gasteiger partial charge in [0.2, 0.25) is 0 Å². The summed E-state index contributed by atoms with van der Waals surface area (Å²) in [5, 5.41) is 5.17. The van der Waals surface area contributed by atoms with Crippen LogP contribution in [0.2, 0.25) is 0 Å². The van der Waals surface area contributed by atoms with Gasteiger partial charge < -0.3 is 14.2 Å². The second-order valence-corrected chi connectivity index (χ2v) is 6.45. The van der Waals surface area contributed by atoms with E-state index in [0.717, 1.165) is 29.1 Å². The molecule has 0 radical (unpaired) electrons. The van der Waals surface area contributed by atoms with Gasteiger partial charge in [-0.15, -0.1) is 0 Å². The van der Waals surface area contributed by atoms with E-state index in [1.807, 2.05) is 31.3 Å². The molecule has 0 spiro atoms. The maximum absolute atomic E-state index is 5.46. The molecule has 0 bridgehead atoms. The number of likely N-dealkylation sites (N-methyl/N-ethyl adjacent to an activating group) is 1. The van der Waals surface area contributed by atoms with E-state index >= 15 is 0 Å². The molecule has 0 atom stereocenters. The Morgan fingerprint density at radius 3 is 2.52 bits per heavy atom. The zero-order chi connectivity index (χ0) is 16.4. The molecule has 4 nitrogen and oxygen atoms in total. The fourth-order valence-corrected chi connectivity index (χ4v) is 3.02. The summed E-state index contributed by atoms with van der Waals surface area (Å²) in [6.45, 7) is 5.29. The molecule has 0 saturated carbocycles. The van der Waals surface area contributed by atoms with Crippen LogP contribution in [0.3, 0.4) is 0 Å². The minimum absolute atomic E-state index is 0.0106. The summed E-state index contributed by atoms with van der Waals surface area (Å²) in [7, 11) is 3.70. The van der Waals surface area contributed by atoms with Crippen LogP contribution in [0.1, 0.15) is 19.4 Å². The summed E-state index contributed by atoms with van der Waals surface area (Å²) in [5.41, 5.74) is 2.03. The fourth-order valence-electron chi connectivity index (χ4n) is 3.02. The summed E-state index contributed by atoms with van der Waals surface area (Å²) in [6.07, 6.45) is 0. The minimum atomic E-state index is -0.0106. The number of aromatic nitrogens is 1. The van der Waals surface area contributed by atoms with E-state index in [1.165, 1.54) is 5.56 Å². The second kappa shape index (κ2) is 5.95. The predicted molar refractivity (Wildman–Crippen MR) is 93.3 cm³/mol. The van der Waals surface area contributed by atoms with Gasteiger partial charge in [-0.25, -0.2) is 0 Å². The van der Waals surface area contributed by atoms with Gasteiger partial charge in [0.15, 0.2) is 11.4 Å². The second-order valence-electron chi connectivity index (χ2n) is 6.45. The van der Waals surface area contributed by atoms with Gasteiger partial charge in [0.05, 0.1) is 7.11 Å². The van der Waals surface area contributed by atoms with Crippen molar-refractivity contribution in [1.29, 1.82) is 0 Å². The van der Waals surface area contributed by atoms with E-state index in [0.29, 0.717) is 0 Å². The van der Waals surface area contributed by atoms with Gasteiger partial charge >= 0.3 is 0 Å². The largest absolute Gasteiger partial charge is 0.496 e. The number of nitrogens with zero attached hydrogens (tertiary/aromatic N) is 2. The maximum Gasteiger partial charge on any atom is 0.183 e. The van der Waals surface area contributed by atoms with Crippen molar-refractivity contribution in [3.05, 3.63) is 54.1 Å². The summed E-state index contributed by atoms with van der Waals surface area (Å²) < 4.78 is 10.9. The smallest absolute Gasteiger partial charge is 0.183 e. The van der Waals surface area contributed by atoms with Crippen molar-refractivity contribution < 1.29 is 9.26 Å². The SMILES string of the molecule is COc1cccc2onc(N(C)CC(C)(C)c3ccccc3)c12. The molecular formula is C19H22N2O2. The van der Waals surface area contributed by atoms with Crippen LogP contribution in [0.15, 0.2) is 53.1 Å². The minimum Gasteiger partial charge on any atom is -0.496 e. The molecule has 3 aromatic rings. The standard InChI is InChI=1S/C19H22N2O2/c1-19(2,14-9-6-5-7-10-14)13-21(3)18-17-15(22-4)11-8-12-16(17)23-20-18/h5-12H,13H2,1-4H3. The molecule has 0 saturated heterocycles. The van der Waals surface area contributed by atoms with E-state index in [1.54, 1.807) is 7.11 Å². The Balaban J connectivity index is 1.94. The Morgan fingerprint density at radius 2 is 1.83 bits per heavy atom. The molecule has 0 aliphatic heterocycles. The molecule has 0 aliphatic carbocycles. The number of anilines is 1. The van der Waals surface area contributed by atoms with Crippen LogP contribution < -0.4 is 9.64 Å². The number of methoxy groups -OCH3 is 1. The van der Waals surface area contributed by atoms with Crippen LogP contribution in [-0.4, -0.2) is 25.9 Å². The molecule has 1 aromatic heterocycles. The summed E-state index contributed by atoms with van der Waals surface area (Å²) in [5.74, 6) is 1.59. The number of hydrogen-bond acceptors (Lipinski definition) is 4. The van der Waals surface area contributed by atoms with Gasteiger partial charge in [0.25, 0.3) is 0 Å². The van der Waals surface area contributed by atoms with Crippen molar-refractivity contribution in [2.75, 3.05) is 25.6 Å². The first kappa shape index (κ1) is 15.4. The maximum atomic E-state index is 5.46. The average molecular weight is 310 g/mol. The molecule has 23 heavy (non-hydrogen) atoms. The zero-order valence-electron chi connectivity index (χ0n) is 14.0. The fraction of sp³-hybridized carbons (Fsp3) is 0.316. The lowest BCUT2D eigenvalue weighted by atomic mass is 9.84. The lowest BCUT2D eigenvalue weighted by Gasteiger charge is -2.31. The van der Waals surface area contributed by atoms with Gasteiger partial charge in [-0.1, -0.05) is 55.4 Å². The molecule has 0 aliphatic rings. The molecule has 4 heteroatoms. The summed E-state index contributed by atoms with van der Waals surface area (Å²) >= 11 is 0. The highest BCUT2D eigenvalue weighted by atomic mass is 16.5. The van der Waals surface area contributed by atoms with Crippen molar-refractivity contribution in [2.45, 2.75) is 19.3 Å². The van der Waals surface area contributed by atoms with E-state index in [9.17, 15) is 0 Å². The third-order valence-electron chi connectivity index (χ3n) is 4.21. The molecular weight excluding hydrogens is 288 g/mol. The van der Waals surface area contributed by atoms with Crippen molar-refractivity contribution in [2.24, 2.45) is 0 Å². The number of hydrogen-bond donors (Lipinski definition) is 0. The predicted octanol–water partition coefficient (Wildman–Crippen LogP) is 4.25. The molecule has 2 aromatic carbocycles. The van der Waals surface area contributed by atoms with Crippen LogP contribution in [0, 0.1) is 0 Å². The Hall–Kier alpha value is -2.49. The molecule has 0 N–H and O–H groups in total. The van der Waals surface area contributed by atoms with Crippen LogP contribution in [0.4, 0.5) is 5.82 Å². The van der Waals surface area contributed by atoms with Crippen molar-refractivity contribution in [3.8, 4) is 5.75 Å². The number of rotatable bonds is 5. The van der Waals surface area contributed by atoms with Crippen LogP contribution in [0.5, 0.6) is 5.75 Å². The average Bonchev–Trinajstić information content (AvgIpc) is 2.99. The van der Waals surface area contributed by atoms with Crippen molar-refractivity contribution >= 4 is 16.8 Å². The number of benzene rings is 2. The lowest BCUT2D eigenvalue weighted by Crippen LogP contribution is -2.34. The lowest BCUT2D eigenvalue weighted by molar-refractivity contribution is 0.419. The van der Waals surface area contributed by atoms with Crippen LogP contribution in [-0.2, 0) is 5.41 Å². The first-order chi connectivity index (χ1) is 11.0. The van der Waals surface area contributed by atoms with Crippen LogP contribution in [0.25, 0.3) is 11.0 Å². The highest BCUT2D eigenvalue weighted by Crippen LogP contribution is 2.35.